The van der Waals surface area contributed by atoms with Crippen molar-refractivity contribution >= 4 is 5.82 Å². The third-order valence-electron chi connectivity index (χ3n) is 3.21. The smallest absolute Gasteiger partial charge is 0.141 e. The van der Waals surface area contributed by atoms with Crippen LogP contribution in [0.4, 0.5) is 10.2 Å². The summed E-state index contributed by atoms with van der Waals surface area (Å²) >= 11 is 0. The molecule has 0 N–H and O–H groups in total. The number of halogens is 1. The maximum Gasteiger partial charge on any atom is 0.141 e. The Kier molecular flexibility index (Phi) is 3.39. The van der Waals surface area contributed by atoms with Crippen molar-refractivity contribution in [1.29, 1.82) is 0 Å². The molecule has 4 heteroatoms. The molecule has 0 radical (unpaired) electrons. The first kappa shape index (κ1) is 11.3. The molecule has 1 aromatic rings. The lowest BCUT2D eigenvalue weighted by Gasteiger charge is -2.39. The Labute approximate surface area is 95.9 Å². The molecule has 3 nitrogen and oxygen atoms in total. The molecule has 1 saturated heterocycles. The summed E-state index contributed by atoms with van der Waals surface area (Å²) in [4.78, 5) is 8.78. The van der Waals surface area contributed by atoms with Gasteiger partial charge in [0.25, 0.3) is 0 Å². The Morgan fingerprint density at radius 1 is 1.44 bits per heavy atom. The van der Waals surface area contributed by atoms with Crippen LogP contribution in [0.1, 0.15) is 13.8 Å². The lowest BCUT2D eigenvalue weighted by atomic mass is 10.2. The number of nitrogens with zero attached hydrogens (tertiary/aromatic N) is 3. The average Bonchev–Trinajstić information content (AvgIpc) is 2.30. The van der Waals surface area contributed by atoms with Crippen LogP contribution in [0.15, 0.2) is 18.3 Å². The molecule has 0 saturated carbocycles. The standard InChI is InChI=1S/C12H18FN3/c1-3-15-6-7-16(9-10(15)2)12-5-4-11(13)8-14-12/h4-5,8,10H,3,6-7,9H2,1-2H3. The topological polar surface area (TPSA) is 19.4 Å². The molecule has 1 aliphatic rings. The SMILES string of the molecule is CCN1CCN(c2ccc(F)cn2)CC1C. The Balaban J connectivity index is 2.04. The van der Waals surface area contributed by atoms with Gasteiger partial charge in [-0.15, -0.1) is 0 Å². The van der Waals surface area contributed by atoms with Crippen LogP contribution in [0.3, 0.4) is 0 Å². The van der Waals surface area contributed by atoms with Crippen LogP contribution in [0.5, 0.6) is 0 Å². The molecule has 1 unspecified atom stereocenters. The van der Waals surface area contributed by atoms with E-state index in [-0.39, 0.29) is 5.82 Å². The highest BCUT2D eigenvalue weighted by Gasteiger charge is 2.22. The molecule has 2 heterocycles. The first-order valence-electron chi connectivity index (χ1n) is 5.81. The second-order valence-electron chi connectivity index (χ2n) is 4.26. The molecule has 16 heavy (non-hydrogen) atoms. The number of rotatable bonds is 2. The lowest BCUT2D eigenvalue weighted by molar-refractivity contribution is 0.199. The lowest BCUT2D eigenvalue weighted by Crippen LogP contribution is -2.51. The molecule has 1 aliphatic heterocycles. The summed E-state index contributed by atoms with van der Waals surface area (Å²) in [6.45, 7) is 8.48. The van der Waals surface area contributed by atoms with E-state index in [1.165, 1.54) is 12.3 Å². The van der Waals surface area contributed by atoms with E-state index in [1.807, 2.05) is 0 Å². The van der Waals surface area contributed by atoms with Crippen LogP contribution in [-0.4, -0.2) is 42.1 Å². The zero-order valence-electron chi connectivity index (χ0n) is 9.86. The monoisotopic (exact) mass is 223 g/mol. The van der Waals surface area contributed by atoms with Crippen molar-refractivity contribution in [2.24, 2.45) is 0 Å². The van der Waals surface area contributed by atoms with Crippen LogP contribution in [-0.2, 0) is 0 Å². The molecule has 88 valence electrons. The Hall–Kier alpha value is -1.16. The highest BCUT2D eigenvalue weighted by molar-refractivity contribution is 5.38. The van der Waals surface area contributed by atoms with Crippen molar-refractivity contribution in [1.82, 2.24) is 9.88 Å². The summed E-state index contributed by atoms with van der Waals surface area (Å²) in [5, 5.41) is 0. The van der Waals surface area contributed by atoms with Crippen molar-refractivity contribution in [2.45, 2.75) is 19.9 Å². The van der Waals surface area contributed by atoms with Gasteiger partial charge in [0.15, 0.2) is 0 Å². The van der Waals surface area contributed by atoms with Crippen molar-refractivity contribution in [3.8, 4) is 0 Å². The van der Waals surface area contributed by atoms with Gasteiger partial charge in [-0.05, 0) is 25.6 Å². The highest BCUT2D eigenvalue weighted by atomic mass is 19.1. The van der Waals surface area contributed by atoms with Crippen molar-refractivity contribution in [3.05, 3.63) is 24.1 Å². The van der Waals surface area contributed by atoms with Gasteiger partial charge >= 0.3 is 0 Å². The number of pyridine rings is 1. The fourth-order valence-electron chi connectivity index (χ4n) is 2.23. The summed E-state index contributed by atoms with van der Waals surface area (Å²) in [6, 6.07) is 3.76. The number of hydrogen-bond donors (Lipinski definition) is 0. The molecule has 1 aromatic heterocycles. The Morgan fingerprint density at radius 3 is 2.81 bits per heavy atom. The average molecular weight is 223 g/mol. The van der Waals surface area contributed by atoms with E-state index in [1.54, 1.807) is 6.07 Å². The quantitative estimate of drug-likeness (QED) is 0.761. The Morgan fingerprint density at radius 2 is 2.25 bits per heavy atom. The van der Waals surface area contributed by atoms with Crippen LogP contribution in [0.25, 0.3) is 0 Å². The Bertz CT molecular complexity index is 339. The van der Waals surface area contributed by atoms with Gasteiger partial charge in [-0.3, -0.25) is 4.90 Å². The molecule has 0 bridgehead atoms. The number of likely N-dealkylation sites (N-methyl/N-ethyl adjacent to an activating group) is 1. The van der Waals surface area contributed by atoms with Crippen LogP contribution >= 0.6 is 0 Å². The van der Waals surface area contributed by atoms with Gasteiger partial charge < -0.3 is 4.90 Å². The van der Waals surface area contributed by atoms with Gasteiger partial charge in [0.05, 0.1) is 6.20 Å². The first-order chi connectivity index (χ1) is 7.70. The molecular formula is C12H18FN3. The summed E-state index contributed by atoms with van der Waals surface area (Å²) in [5.41, 5.74) is 0. The zero-order valence-corrected chi connectivity index (χ0v) is 9.86. The number of aromatic nitrogens is 1. The second kappa shape index (κ2) is 4.78. The van der Waals surface area contributed by atoms with E-state index < -0.39 is 0 Å². The molecule has 2 rings (SSSR count). The van der Waals surface area contributed by atoms with Gasteiger partial charge in [-0.1, -0.05) is 6.92 Å². The largest absolute Gasteiger partial charge is 0.354 e. The maximum absolute atomic E-state index is 12.8. The summed E-state index contributed by atoms with van der Waals surface area (Å²) in [6.07, 6.45) is 1.28. The molecule has 0 spiro atoms. The van der Waals surface area contributed by atoms with E-state index in [9.17, 15) is 4.39 Å². The van der Waals surface area contributed by atoms with Gasteiger partial charge in [-0.2, -0.15) is 0 Å². The predicted molar refractivity (Wildman–Crippen MR) is 63.1 cm³/mol. The molecule has 0 aliphatic carbocycles. The first-order valence-corrected chi connectivity index (χ1v) is 5.81. The van der Waals surface area contributed by atoms with Crippen LogP contribution < -0.4 is 4.90 Å². The number of hydrogen-bond acceptors (Lipinski definition) is 3. The van der Waals surface area contributed by atoms with Crippen LogP contribution in [0.2, 0.25) is 0 Å². The number of anilines is 1. The number of piperazine rings is 1. The second-order valence-corrected chi connectivity index (χ2v) is 4.26. The summed E-state index contributed by atoms with van der Waals surface area (Å²) in [7, 11) is 0. The van der Waals surface area contributed by atoms with E-state index >= 15 is 0 Å². The zero-order chi connectivity index (χ0) is 11.5. The summed E-state index contributed by atoms with van der Waals surface area (Å²) < 4.78 is 12.8. The molecular weight excluding hydrogens is 205 g/mol. The van der Waals surface area contributed by atoms with E-state index in [2.05, 4.69) is 28.6 Å². The van der Waals surface area contributed by atoms with Crippen molar-refractivity contribution in [2.75, 3.05) is 31.1 Å². The van der Waals surface area contributed by atoms with Crippen LogP contribution in [0, 0.1) is 5.82 Å². The molecule has 0 amide bonds. The molecule has 1 fully saturated rings. The summed E-state index contributed by atoms with van der Waals surface area (Å²) in [5.74, 6) is 0.605. The fourth-order valence-corrected chi connectivity index (χ4v) is 2.23. The van der Waals surface area contributed by atoms with Crippen molar-refractivity contribution < 1.29 is 4.39 Å². The van der Waals surface area contributed by atoms with Gasteiger partial charge in [0.2, 0.25) is 0 Å². The fraction of sp³-hybridized carbons (Fsp3) is 0.583. The van der Waals surface area contributed by atoms with Gasteiger partial charge in [0.1, 0.15) is 11.6 Å². The normalized spacial score (nSPS) is 22.4. The third-order valence-corrected chi connectivity index (χ3v) is 3.21. The van der Waals surface area contributed by atoms with Crippen molar-refractivity contribution in [3.63, 3.8) is 0 Å². The predicted octanol–water partition coefficient (Wildman–Crippen LogP) is 1.75. The van der Waals surface area contributed by atoms with E-state index in [0.29, 0.717) is 6.04 Å². The van der Waals surface area contributed by atoms with E-state index in [4.69, 9.17) is 0 Å². The highest BCUT2D eigenvalue weighted by Crippen LogP contribution is 2.16. The molecule has 1 atom stereocenters. The van der Waals surface area contributed by atoms with Gasteiger partial charge in [0, 0.05) is 25.7 Å². The maximum atomic E-state index is 12.8. The minimum atomic E-state index is -0.274. The van der Waals surface area contributed by atoms with Gasteiger partial charge in [-0.25, -0.2) is 9.37 Å². The van der Waals surface area contributed by atoms with E-state index in [0.717, 1.165) is 32.0 Å². The molecule has 0 aromatic carbocycles. The minimum Gasteiger partial charge on any atom is -0.354 e. The minimum absolute atomic E-state index is 0.274. The third kappa shape index (κ3) is 2.32.